The van der Waals surface area contributed by atoms with E-state index in [-0.39, 0.29) is 17.6 Å². The molecule has 0 aromatic carbocycles. The molecule has 5 heteroatoms. The van der Waals surface area contributed by atoms with Gasteiger partial charge in [-0.3, -0.25) is 4.79 Å². The van der Waals surface area contributed by atoms with Crippen molar-refractivity contribution >= 4 is 5.82 Å². The van der Waals surface area contributed by atoms with Gasteiger partial charge in [0.25, 0.3) is 5.56 Å². The Morgan fingerprint density at radius 2 is 2.22 bits per heavy atom. The number of anilines is 1. The highest BCUT2D eigenvalue weighted by Crippen LogP contribution is 2.22. The first-order valence-electron chi connectivity index (χ1n) is 6.69. The Hall–Kier alpha value is -1.36. The Morgan fingerprint density at radius 3 is 2.89 bits per heavy atom. The van der Waals surface area contributed by atoms with Crippen LogP contribution in [0.15, 0.2) is 17.2 Å². The molecule has 1 aromatic heterocycles. The summed E-state index contributed by atoms with van der Waals surface area (Å²) in [5.41, 5.74) is 6.13. The lowest BCUT2D eigenvalue weighted by atomic mass is 9.90. The van der Waals surface area contributed by atoms with Crippen molar-refractivity contribution in [3.05, 3.63) is 22.7 Å². The lowest BCUT2D eigenvalue weighted by Gasteiger charge is -2.36. The molecular weight excluding hydrogens is 228 g/mol. The summed E-state index contributed by atoms with van der Waals surface area (Å²) in [6, 6.07) is 0.367. The van der Waals surface area contributed by atoms with E-state index in [0.717, 1.165) is 12.8 Å². The Balaban J connectivity index is 2.28. The highest BCUT2D eigenvalue weighted by atomic mass is 16.1. The quantitative estimate of drug-likeness (QED) is 0.868. The van der Waals surface area contributed by atoms with Crippen LogP contribution in [0.4, 0.5) is 5.82 Å². The smallest absolute Gasteiger partial charge is 0.293 e. The standard InChI is InChI=1S/C13H22N4O/c1-3-17-9-8-15-12(13(17)18)16(2)11-7-5-4-6-10(11)14/h8-11H,3-7,14H2,1-2H3. The van der Waals surface area contributed by atoms with Gasteiger partial charge in [0.1, 0.15) is 0 Å². The van der Waals surface area contributed by atoms with Gasteiger partial charge in [0, 0.05) is 38.1 Å². The summed E-state index contributed by atoms with van der Waals surface area (Å²) in [6.07, 6.45) is 7.85. The summed E-state index contributed by atoms with van der Waals surface area (Å²) in [5.74, 6) is 0.515. The normalized spacial score (nSPS) is 23.9. The van der Waals surface area contributed by atoms with Crippen LogP contribution >= 0.6 is 0 Å². The minimum atomic E-state index is -0.0275. The summed E-state index contributed by atoms with van der Waals surface area (Å²) >= 11 is 0. The van der Waals surface area contributed by atoms with E-state index in [1.54, 1.807) is 17.0 Å². The van der Waals surface area contributed by atoms with Gasteiger partial charge in [0.2, 0.25) is 0 Å². The maximum Gasteiger partial charge on any atom is 0.293 e. The van der Waals surface area contributed by atoms with Crippen LogP contribution in [0.5, 0.6) is 0 Å². The van der Waals surface area contributed by atoms with Gasteiger partial charge in [-0.15, -0.1) is 0 Å². The Bertz CT molecular complexity index is 457. The molecular formula is C13H22N4O. The van der Waals surface area contributed by atoms with Crippen LogP contribution in [-0.4, -0.2) is 28.7 Å². The van der Waals surface area contributed by atoms with Crippen LogP contribution in [0, 0.1) is 0 Å². The Morgan fingerprint density at radius 1 is 1.50 bits per heavy atom. The molecule has 2 unspecified atom stereocenters. The van der Waals surface area contributed by atoms with Gasteiger partial charge < -0.3 is 15.2 Å². The number of hydrogen-bond acceptors (Lipinski definition) is 4. The second-order valence-electron chi connectivity index (χ2n) is 4.97. The fourth-order valence-electron chi connectivity index (χ4n) is 2.70. The fraction of sp³-hybridized carbons (Fsp3) is 0.692. The lowest BCUT2D eigenvalue weighted by molar-refractivity contribution is 0.371. The number of aryl methyl sites for hydroxylation is 1. The first-order chi connectivity index (χ1) is 8.65. The zero-order valence-corrected chi connectivity index (χ0v) is 11.2. The van der Waals surface area contributed by atoms with E-state index in [2.05, 4.69) is 4.98 Å². The second-order valence-corrected chi connectivity index (χ2v) is 4.97. The molecule has 2 N–H and O–H groups in total. The summed E-state index contributed by atoms with van der Waals surface area (Å²) in [5, 5.41) is 0. The monoisotopic (exact) mass is 250 g/mol. The summed E-state index contributed by atoms with van der Waals surface area (Å²) in [4.78, 5) is 18.4. The average molecular weight is 250 g/mol. The van der Waals surface area contributed by atoms with E-state index < -0.39 is 0 Å². The minimum absolute atomic E-state index is 0.0275. The van der Waals surface area contributed by atoms with Crippen molar-refractivity contribution in [2.45, 2.75) is 51.2 Å². The summed E-state index contributed by atoms with van der Waals surface area (Å²) < 4.78 is 1.67. The van der Waals surface area contributed by atoms with Crippen LogP contribution in [0.2, 0.25) is 0 Å². The van der Waals surface area contributed by atoms with E-state index in [9.17, 15) is 4.79 Å². The highest BCUT2D eigenvalue weighted by molar-refractivity contribution is 5.36. The summed E-state index contributed by atoms with van der Waals surface area (Å²) in [7, 11) is 1.93. The fourth-order valence-corrected chi connectivity index (χ4v) is 2.70. The SMILES string of the molecule is CCn1ccnc(N(C)C2CCCCC2N)c1=O. The Kier molecular flexibility index (Phi) is 4.01. The molecule has 0 aliphatic heterocycles. The molecule has 0 spiro atoms. The van der Waals surface area contributed by atoms with Crippen molar-refractivity contribution in [3.8, 4) is 0 Å². The van der Waals surface area contributed by atoms with E-state index in [0.29, 0.717) is 12.4 Å². The van der Waals surface area contributed by atoms with Gasteiger partial charge in [-0.1, -0.05) is 12.8 Å². The van der Waals surface area contributed by atoms with Gasteiger partial charge >= 0.3 is 0 Å². The van der Waals surface area contributed by atoms with Crippen molar-refractivity contribution in [3.63, 3.8) is 0 Å². The number of nitrogens with zero attached hydrogens (tertiary/aromatic N) is 3. The second kappa shape index (κ2) is 5.52. The molecule has 1 aromatic rings. The van der Waals surface area contributed by atoms with Crippen molar-refractivity contribution in [1.82, 2.24) is 9.55 Å². The molecule has 100 valence electrons. The summed E-state index contributed by atoms with van der Waals surface area (Å²) in [6.45, 7) is 2.62. The third-order valence-electron chi connectivity index (χ3n) is 3.85. The molecule has 0 radical (unpaired) electrons. The predicted molar refractivity (Wildman–Crippen MR) is 72.8 cm³/mol. The van der Waals surface area contributed by atoms with Crippen molar-refractivity contribution < 1.29 is 0 Å². The van der Waals surface area contributed by atoms with Crippen molar-refractivity contribution in [2.75, 3.05) is 11.9 Å². The van der Waals surface area contributed by atoms with Crippen molar-refractivity contribution in [2.24, 2.45) is 5.73 Å². The average Bonchev–Trinajstić information content (AvgIpc) is 2.39. The number of likely N-dealkylation sites (N-methyl/N-ethyl adjacent to an activating group) is 1. The van der Waals surface area contributed by atoms with Crippen LogP contribution in [0.1, 0.15) is 32.6 Å². The number of nitrogens with two attached hydrogens (primary N) is 1. The van der Waals surface area contributed by atoms with Gasteiger partial charge in [0.05, 0.1) is 0 Å². The largest absolute Gasteiger partial charge is 0.351 e. The molecule has 1 heterocycles. The number of hydrogen-bond donors (Lipinski definition) is 1. The van der Waals surface area contributed by atoms with Gasteiger partial charge in [0.15, 0.2) is 5.82 Å². The van der Waals surface area contributed by atoms with Gasteiger partial charge in [-0.2, -0.15) is 0 Å². The first kappa shape index (κ1) is 13.1. The van der Waals surface area contributed by atoms with Crippen LogP contribution in [0.3, 0.4) is 0 Å². The molecule has 1 aliphatic carbocycles. The van der Waals surface area contributed by atoms with Gasteiger partial charge in [-0.05, 0) is 19.8 Å². The minimum Gasteiger partial charge on any atom is -0.351 e. The maximum atomic E-state index is 12.2. The highest BCUT2D eigenvalue weighted by Gasteiger charge is 2.27. The maximum absolute atomic E-state index is 12.2. The third-order valence-corrected chi connectivity index (χ3v) is 3.85. The molecule has 5 nitrogen and oxygen atoms in total. The predicted octanol–water partition coefficient (Wildman–Crippen LogP) is 0.969. The number of rotatable bonds is 3. The van der Waals surface area contributed by atoms with Gasteiger partial charge in [-0.25, -0.2) is 4.98 Å². The zero-order valence-electron chi connectivity index (χ0n) is 11.2. The third kappa shape index (κ3) is 2.41. The topological polar surface area (TPSA) is 64.2 Å². The molecule has 0 amide bonds. The zero-order chi connectivity index (χ0) is 13.1. The van der Waals surface area contributed by atoms with E-state index in [1.165, 1.54) is 12.8 Å². The van der Waals surface area contributed by atoms with E-state index in [1.807, 2.05) is 18.9 Å². The molecule has 1 aliphatic rings. The van der Waals surface area contributed by atoms with Crippen LogP contribution in [-0.2, 0) is 6.54 Å². The molecule has 2 rings (SSSR count). The molecule has 1 saturated carbocycles. The van der Waals surface area contributed by atoms with E-state index >= 15 is 0 Å². The van der Waals surface area contributed by atoms with E-state index in [4.69, 9.17) is 5.73 Å². The van der Waals surface area contributed by atoms with Crippen molar-refractivity contribution in [1.29, 1.82) is 0 Å². The lowest BCUT2D eigenvalue weighted by Crippen LogP contribution is -2.50. The Labute approximate surface area is 108 Å². The molecule has 0 saturated heterocycles. The molecule has 1 fully saturated rings. The van der Waals surface area contributed by atoms with Crippen LogP contribution in [0.25, 0.3) is 0 Å². The van der Waals surface area contributed by atoms with Crippen LogP contribution < -0.4 is 16.2 Å². The number of aromatic nitrogens is 2. The first-order valence-corrected chi connectivity index (χ1v) is 6.69. The molecule has 2 atom stereocenters. The molecule has 0 bridgehead atoms. The molecule has 18 heavy (non-hydrogen) atoms.